The van der Waals surface area contributed by atoms with Crippen molar-refractivity contribution in [3.63, 3.8) is 0 Å². The number of anilines is 2. The van der Waals surface area contributed by atoms with Gasteiger partial charge in [-0.25, -0.2) is 9.97 Å². The molecule has 1 amide bonds. The van der Waals surface area contributed by atoms with E-state index in [0.717, 1.165) is 65.0 Å². The number of hydrogen-bond donors (Lipinski definition) is 2. The van der Waals surface area contributed by atoms with Crippen LogP contribution >= 0.6 is 22.6 Å². The van der Waals surface area contributed by atoms with Crippen molar-refractivity contribution < 1.29 is 14.3 Å². The third-order valence-corrected chi connectivity index (χ3v) is 5.93. The summed E-state index contributed by atoms with van der Waals surface area (Å²) in [7, 11) is 0. The summed E-state index contributed by atoms with van der Waals surface area (Å²) < 4.78 is 12.6. The van der Waals surface area contributed by atoms with Gasteiger partial charge < -0.3 is 20.5 Å². The molecule has 0 bridgehead atoms. The first-order valence-corrected chi connectivity index (χ1v) is 11.9. The Labute approximate surface area is 206 Å². The van der Waals surface area contributed by atoms with Crippen molar-refractivity contribution in [2.24, 2.45) is 5.73 Å². The average Bonchev–Trinajstić information content (AvgIpc) is 2.81. The van der Waals surface area contributed by atoms with Gasteiger partial charge in [-0.15, -0.1) is 0 Å². The fraction of sp³-hybridized carbons (Fsp3) is 0.292. The van der Waals surface area contributed by atoms with Gasteiger partial charge in [-0.3, -0.25) is 9.69 Å². The zero-order valence-electron chi connectivity index (χ0n) is 18.2. The molecule has 1 saturated heterocycles. The number of carbonyl (C=O) groups is 1. The highest BCUT2D eigenvalue weighted by Crippen LogP contribution is 2.31. The van der Waals surface area contributed by atoms with Crippen LogP contribution in [-0.4, -0.2) is 60.2 Å². The second-order valence-corrected chi connectivity index (χ2v) is 8.90. The van der Waals surface area contributed by atoms with Crippen molar-refractivity contribution in [2.45, 2.75) is 6.42 Å². The molecule has 0 aliphatic carbocycles. The number of aromatic nitrogens is 2. The molecule has 0 spiro atoms. The quantitative estimate of drug-likeness (QED) is 0.235. The zero-order chi connectivity index (χ0) is 23.0. The maximum atomic E-state index is 11.4. The predicted octanol–water partition coefficient (Wildman–Crippen LogP) is 3.58. The van der Waals surface area contributed by atoms with E-state index in [1.807, 2.05) is 36.4 Å². The molecule has 0 radical (unpaired) electrons. The topological polar surface area (TPSA) is 103 Å². The van der Waals surface area contributed by atoms with Crippen LogP contribution in [0.3, 0.4) is 0 Å². The van der Waals surface area contributed by atoms with Crippen LogP contribution in [0.4, 0.5) is 11.5 Å². The highest BCUT2D eigenvalue weighted by Gasteiger charge is 2.12. The summed E-state index contributed by atoms with van der Waals surface area (Å²) in [4.78, 5) is 22.6. The van der Waals surface area contributed by atoms with Crippen LogP contribution in [0.1, 0.15) is 12.0 Å². The van der Waals surface area contributed by atoms with Crippen LogP contribution in [0.15, 0.2) is 48.8 Å². The number of carbonyl (C=O) groups excluding carboxylic acids is 1. The van der Waals surface area contributed by atoms with Gasteiger partial charge in [0.1, 0.15) is 17.9 Å². The Morgan fingerprint density at radius 3 is 2.88 bits per heavy atom. The first-order valence-electron chi connectivity index (χ1n) is 10.8. The fourth-order valence-electron chi connectivity index (χ4n) is 3.63. The molecule has 9 heteroatoms. The van der Waals surface area contributed by atoms with Crippen molar-refractivity contribution in [2.75, 3.05) is 44.8 Å². The minimum Gasteiger partial charge on any atom is -0.493 e. The Kier molecular flexibility index (Phi) is 8.08. The number of rotatable bonds is 9. The lowest BCUT2D eigenvalue weighted by molar-refractivity contribution is -0.113. The molecule has 2 heterocycles. The highest BCUT2D eigenvalue weighted by atomic mass is 127. The number of ether oxygens (including phenoxy) is 2. The number of nitrogens with two attached hydrogens (primary N) is 1. The summed E-state index contributed by atoms with van der Waals surface area (Å²) in [6.07, 6.45) is 5.42. The Hall–Kier alpha value is -2.76. The molecule has 33 heavy (non-hydrogen) atoms. The number of nitrogens with one attached hydrogen (secondary N) is 1. The van der Waals surface area contributed by atoms with Crippen molar-refractivity contribution in [3.8, 4) is 5.75 Å². The summed E-state index contributed by atoms with van der Waals surface area (Å²) in [6.45, 7) is 4.98. The molecule has 1 fully saturated rings. The summed E-state index contributed by atoms with van der Waals surface area (Å²) in [5.41, 5.74) is 7.75. The van der Waals surface area contributed by atoms with Gasteiger partial charge in [0.25, 0.3) is 0 Å². The zero-order valence-corrected chi connectivity index (χ0v) is 20.3. The van der Waals surface area contributed by atoms with Gasteiger partial charge in [0.15, 0.2) is 0 Å². The molecule has 0 unspecified atom stereocenters. The van der Waals surface area contributed by atoms with E-state index in [2.05, 4.69) is 42.8 Å². The average molecular weight is 559 g/mol. The van der Waals surface area contributed by atoms with Crippen molar-refractivity contribution in [1.82, 2.24) is 14.9 Å². The second kappa shape index (κ2) is 11.4. The van der Waals surface area contributed by atoms with Gasteiger partial charge >= 0.3 is 0 Å². The van der Waals surface area contributed by atoms with Crippen LogP contribution in [0.2, 0.25) is 0 Å². The highest BCUT2D eigenvalue weighted by molar-refractivity contribution is 14.1. The molecule has 1 aliphatic heterocycles. The number of morpholine rings is 1. The normalized spacial score (nSPS) is 14.6. The predicted molar refractivity (Wildman–Crippen MR) is 138 cm³/mol. The molecule has 3 aromatic rings. The third kappa shape index (κ3) is 6.62. The Morgan fingerprint density at radius 2 is 2.09 bits per heavy atom. The number of benzene rings is 2. The van der Waals surface area contributed by atoms with Gasteiger partial charge in [0.2, 0.25) is 5.91 Å². The standard InChI is InChI=1S/C24H26IN5O3/c25-18-3-1-4-19(14-18)29-24-20-13-17(5-6-23(26)31)22(15-21(20)27-16-28-24)33-10-2-7-30-8-11-32-12-9-30/h1,3-6,13-16H,2,7-12H2,(H2,26,31)(H,27,28,29). The molecule has 3 N–H and O–H groups in total. The van der Waals surface area contributed by atoms with E-state index in [4.69, 9.17) is 15.2 Å². The van der Waals surface area contributed by atoms with Crippen LogP contribution in [-0.2, 0) is 9.53 Å². The van der Waals surface area contributed by atoms with Crippen molar-refractivity contribution in [1.29, 1.82) is 0 Å². The lowest BCUT2D eigenvalue weighted by atomic mass is 10.1. The SMILES string of the molecule is NC(=O)C=Cc1cc2c(Nc3cccc(I)c3)ncnc2cc1OCCCN1CCOCC1. The van der Waals surface area contributed by atoms with E-state index in [1.165, 1.54) is 12.4 Å². The molecule has 1 aliphatic rings. The van der Waals surface area contributed by atoms with Crippen LogP contribution in [0, 0.1) is 3.57 Å². The molecule has 172 valence electrons. The van der Waals surface area contributed by atoms with Crippen LogP contribution in [0.25, 0.3) is 17.0 Å². The van der Waals surface area contributed by atoms with E-state index in [9.17, 15) is 4.79 Å². The maximum Gasteiger partial charge on any atom is 0.241 e. The molecule has 1 aromatic heterocycles. The van der Waals surface area contributed by atoms with Crippen LogP contribution in [0.5, 0.6) is 5.75 Å². The summed E-state index contributed by atoms with van der Waals surface area (Å²) in [5, 5.41) is 4.18. The Morgan fingerprint density at radius 1 is 1.24 bits per heavy atom. The number of nitrogens with zero attached hydrogens (tertiary/aromatic N) is 3. The lowest BCUT2D eigenvalue weighted by Gasteiger charge is -2.26. The van der Waals surface area contributed by atoms with E-state index in [0.29, 0.717) is 18.2 Å². The molecular weight excluding hydrogens is 533 g/mol. The smallest absolute Gasteiger partial charge is 0.241 e. The number of hydrogen-bond acceptors (Lipinski definition) is 7. The van der Waals surface area contributed by atoms with Crippen LogP contribution < -0.4 is 15.8 Å². The minimum atomic E-state index is -0.519. The number of halogens is 1. The van der Waals surface area contributed by atoms with Gasteiger partial charge in [0.05, 0.1) is 25.3 Å². The Bertz CT molecular complexity index is 1150. The molecule has 4 rings (SSSR count). The maximum absolute atomic E-state index is 11.4. The first kappa shape index (κ1) is 23.4. The number of fused-ring (bicyclic) bond motifs is 1. The molecule has 2 aromatic carbocycles. The summed E-state index contributed by atoms with van der Waals surface area (Å²) in [5.74, 6) is 0.811. The van der Waals surface area contributed by atoms with Gasteiger partial charge in [-0.1, -0.05) is 6.07 Å². The number of primary amides is 1. The molecule has 0 saturated carbocycles. The van der Waals surface area contributed by atoms with Crippen molar-refractivity contribution >= 4 is 57.0 Å². The van der Waals surface area contributed by atoms with E-state index >= 15 is 0 Å². The van der Waals surface area contributed by atoms with Crippen molar-refractivity contribution in [3.05, 3.63) is 57.9 Å². The number of amides is 1. The van der Waals surface area contributed by atoms with E-state index in [-0.39, 0.29) is 0 Å². The Balaban J connectivity index is 1.56. The van der Waals surface area contributed by atoms with Gasteiger partial charge in [-0.05, 0) is 59.4 Å². The summed E-state index contributed by atoms with van der Waals surface area (Å²) in [6, 6.07) is 11.8. The lowest BCUT2D eigenvalue weighted by Crippen LogP contribution is -2.37. The monoisotopic (exact) mass is 559 g/mol. The first-order chi connectivity index (χ1) is 16.1. The van der Waals surface area contributed by atoms with Gasteiger partial charge in [0, 0.05) is 52.0 Å². The largest absolute Gasteiger partial charge is 0.493 e. The fourth-order valence-corrected chi connectivity index (χ4v) is 4.17. The van der Waals surface area contributed by atoms with E-state index < -0.39 is 5.91 Å². The third-order valence-electron chi connectivity index (χ3n) is 5.26. The van der Waals surface area contributed by atoms with Gasteiger partial charge in [-0.2, -0.15) is 0 Å². The molecular formula is C24H26IN5O3. The minimum absolute atomic E-state index is 0.519. The second-order valence-electron chi connectivity index (χ2n) is 7.66. The molecule has 0 atom stereocenters. The van der Waals surface area contributed by atoms with E-state index in [1.54, 1.807) is 6.08 Å². The molecule has 8 nitrogen and oxygen atoms in total. The summed E-state index contributed by atoms with van der Waals surface area (Å²) >= 11 is 2.27.